The van der Waals surface area contributed by atoms with E-state index in [2.05, 4.69) is 0 Å². The number of nitrogens with zero attached hydrogens (tertiary/aromatic N) is 2. The van der Waals surface area contributed by atoms with Gasteiger partial charge in [-0.25, -0.2) is 4.79 Å². The summed E-state index contributed by atoms with van der Waals surface area (Å²) >= 11 is 0. The molecule has 2 heterocycles. The molecule has 6 rings (SSSR count). The van der Waals surface area contributed by atoms with Gasteiger partial charge in [0.2, 0.25) is 0 Å². The van der Waals surface area contributed by atoms with Gasteiger partial charge in [0.1, 0.15) is 6.61 Å². The van der Waals surface area contributed by atoms with E-state index < -0.39 is 65.4 Å². The van der Waals surface area contributed by atoms with Crippen LogP contribution in [0.4, 0.5) is 64.1 Å². The molecule has 0 aliphatic carbocycles. The third-order valence-corrected chi connectivity index (χ3v) is 9.99. The lowest BCUT2D eigenvalue weighted by molar-refractivity contribution is -0.376. The molecule has 0 atom stereocenters. The first-order valence-corrected chi connectivity index (χ1v) is 17.3. The van der Waals surface area contributed by atoms with Crippen LogP contribution in [0.1, 0.15) is 54.1 Å². The van der Waals surface area contributed by atoms with Crippen LogP contribution in [0.5, 0.6) is 0 Å². The van der Waals surface area contributed by atoms with Crippen molar-refractivity contribution >= 4 is 23.1 Å². The predicted octanol–water partition coefficient (Wildman–Crippen LogP) is 8.00. The first-order chi connectivity index (χ1) is 27.2. The number of benzene rings is 4. The van der Waals surface area contributed by atoms with Gasteiger partial charge in [0, 0.05) is 54.2 Å². The number of aliphatic hydroxyl groups is 3. The summed E-state index contributed by atoms with van der Waals surface area (Å²) in [4.78, 5) is 26.3. The molecule has 0 saturated carbocycles. The van der Waals surface area contributed by atoms with E-state index in [0.29, 0.717) is 66.9 Å². The number of anilines is 2. The van der Waals surface area contributed by atoms with Gasteiger partial charge in [-0.3, -0.25) is 4.79 Å². The lowest BCUT2D eigenvalue weighted by Crippen LogP contribution is -2.53. The monoisotopic (exact) mass is 852 g/mol. The molecule has 318 valence electrons. The maximum atomic E-state index is 13.0. The van der Waals surface area contributed by atoms with E-state index in [9.17, 15) is 72.5 Å². The van der Waals surface area contributed by atoms with Gasteiger partial charge < -0.3 is 30.2 Å². The van der Waals surface area contributed by atoms with E-state index in [4.69, 9.17) is 10.2 Å². The Labute approximate surface area is 326 Å². The van der Waals surface area contributed by atoms with E-state index in [1.165, 1.54) is 12.1 Å². The zero-order valence-corrected chi connectivity index (χ0v) is 30.1. The van der Waals surface area contributed by atoms with Crippen LogP contribution in [-0.4, -0.2) is 76.6 Å². The third kappa shape index (κ3) is 8.70. The Kier molecular flexibility index (Phi) is 12.2. The van der Waals surface area contributed by atoms with Crippen LogP contribution in [0.2, 0.25) is 0 Å². The van der Waals surface area contributed by atoms with E-state index in [-0.39, 0.29) is 18.7 Å². The maximum Gasteiger partial charge on any atom is 0.430 e. The summed E-state index contributed by atoms with van der Waals surface area (Å²) in [6, 6.07) is 16.4. The predicted molar refractivity (Wildman–Crippen MR) is 186 cm³/mol. The lowest BCUT2D eigenvalue weighted by atomic mass is 9.91. The molecule has 0 bridgehead atoms. The molecule has 2 aliphatic rings. The van der Waals surface area contributed by atoms with Crippen LogP contribution in [0.3, 0.4) is 0 Å². The van der Waals surface area contributed by atoms with Gasteiger partial charge in [-0.15, -0.1) is 0 Å². The highest BCUT2D eigenvalue weighted by molar-refractivity contribution is 5.97. The zero-order chi connectivity index (χ0) is 43.9. The maximum absolute atomic E-state index is 13.0. The summed E-state index contributed by atoms with van der Waals surface area (Å²) in [5, 5.41) is 36.8. The van der Waals surface area contributed by atoms with Crippen molar-refractivity contribution in [2.45, 2.75) is 61.8 Å². The molecule has 20 heteroatoms. The molecule has 0 unspecified atom stereocenters. The van der Waals surface area contributed by atoms with Crippen molar-refractivity contribution in [3.8, 4) is 0 Å². The lowest BCUT2D eigenvalue weighted by Gasteiger charge is -2.32. The molecule has 4 aromatic rings. The molecule has 0 spiro atoms. The van der Waals surface area contributed by atoms with Crippen molar-refractivity contribution in [3.63, 3.8) is 0 Å². The largest absolute Gasteiger partial charge is 0.478 e. The molecule has 4 N–H and O–H groups in total. The van der Waals surface area contributed by atoms with Crippen LogP contribution in [0, 0.1) is 0 Å². The average Bonchev–Trinajstić information content (AvgIpc) is 3.75. The van der Waals surface area contributed by atoms with Crippen LogP contribution >= 0.6 is 0 Å². The highest BCUT2D eigenvalue weighted by atomic mass is 19.4. The number of Topliss-reactive ketones (excluding diaryl/α,β-unsaturated/α-hetero) is 1. The minimum atomic E-state index is -5.93. The smallest absolute Gasteiger partial charge is 0.430 e. The minimum Gasteiger partial charge on any atom is -0.478 e. The van der Waals surface area contributed by atoms with Crippen molar-refractivity contribution in [3.05, 3.63) is 129 Å². The fourth-order valence-electron chi connectivity index (χ4n) is 6.79. The Balaban J connectivity index is 0.000000224. The standard InChI is InChI=1S/C20H17F6NO3.C19H15F6NO3/c21-19(22,23)18(30,20(24,25)26)15-4-1-12(2-5-15)10-27-8-7-13-9-14(17(29)11-28)3-6-16(13)27;20-18(21,22)17(29,19(23,24)25)14-4-1-11(2-5-14)10-26-8-7-12-9-13(16(27)28)3-6-15(12)26/h1-6,9,28,30H,7-8,10-11H2;1-6,9,29H,7-8,10H2,(H,27,28). The normalized spacial score (nSPS) is 14.8. The van der Waals surface area contributed by atoms with Gasteiger partial charge in [0.05, 0.1) is 5.56 Å². The van der Waals surface area contributed by atoms with Crippen molar-refractivity contribution < 1.29 is 82.7 Å². The van der Waals surface area contributed by atoms with Gasteiger partial charge in [-0.05, 0) is 71.5 Å². The SMILES string of the molecule is O=C(CO)c1ccc2c(c1)CCN2Cc1ccc(C(O)(C(F)(F)F)C(F)(F)F)cc1.O=C(O)c1ccc2c(c1)CCN2Cc1ccc(C(O)(C(F)(F)F)C(F)(F)F)cc1. The number of rotatable bonds is 9. The molecule has 0 radical (unpaired) electrons. The minimum absolute atomic E-state index is 0.133. The van der Waals surface area contributed by atoms with Gasteiger partial charge in [-0.1, -0.05) is 48.5 Å². The van der Waals surface area contributed by atoms with E-state index in [0.717, 1.165) is 46.8 Å². The number of carboxylic acid groups (broad SMARTS) is 1. The summed E-state index contributed by atoms with van der Waals surface area (Å²) in [5.74, 6) is -1.49. The molecular weight excluding hydrogens is 820 g/mol. The molecule has 8 nitrogen and oxygen atoms in total. The second kappa shape index (κ2) is 16.0. The Morgan fingerprint density at radius 3 is 1.19 bits per heavy atom. The fraction of sp³-hybridized carbons (Fsp3) is 0.333. The zero-order valence-electron chi connectivity index (χ0n) is 30.1. The topological polar surface area (TPSA) is 122 Å². The fourth-order valence-corrected chi connectivity index (χ4v) is 6.79. The molecule has 0 fully saturated rings. The summed E-state index contributed by atoms with van der Waals surface area (Å²) in [6.07, 6.45) is -22.5. The van der Waals surface area contributed by atoms with Gasteiger partial charge in [0.15, 0.2) is 5.78 Å². The van der Waals surface area contributed by atoms with Crippen molar-refractivity contribution in [2.75, 3.05) is 29.5 Å². The molecule has 0 amide bonds. The Bertz CT molecular complexity index is 2140. The summed E-state index contributed by atoms with van der Waals surface area (Å²) < 4.78 is 156. The number of hydrogen-bond donors (Lipinski definition) is 4. The molecule has 0 saturated heterocycles. The number of carbonyl (C=O) groups is 2. The first-order valence-electron chi connectivity index (χ1n) is 17.3. The Hall–Kier alpha value is -5.34. The van der Waals surface area contributed by atoms with Gasteiger partial charge in [0.25, 0.3) is 11.2 Å². The molecule has 4 aromatic carbocycles. The van der Waals surface area contributed by atoms with Gasteiger partial charge in [-0.2, -0.15) is 52.7 Å². The Morgan fingerprint density at radius 1 is 0.525 bits per heavy atom. The third-order valence-electron chi connectivity index (χ3n) is 9.99. The average molecular weight is 853 g/mol. The second-order valence-corrected chi connectivity index (χ2v) is 13.7. The molecular formula is C39H32F12N2O6. The van der Waals surface area contributed by atoms with Crippen LogP contribution < -0.4 is 9.80 Å². The Morgan fingerprint density at radius 2 is 0.864 bits per heavy atom. The van der Waals surface area contributed by atoms with Crippen molar-refractivity contribution in [1.82, 2.24) is 0 Å². The summed E-state index contributed by atoms with van der Waals surface area (Å²) in [6.45, 7) is 0.877. The van der Waals surface area contributed by atoms with E-state index >= 15 is 0 Å². The number of fused-ring (bicyclic) bond motifs is 2. The van der Waals surface area contributed by atoms with Gasteiger partial charge >= 0.3 is 30.7 Å². The number of aromatic carboxylic acids is 1. The van der Waals surface area contributed by atoms with Crippen LogP contribution in [0.25, 0.3) is 0 Å². The number of ketones is 1. The number of aliphatic hydroxyl groups excluding tert-OH is 1. The number of halogens is 12. The van der Waals surface area contributed by atoms with Crippen LogP contribution in [-0.2, 0) is 37.1 Å². The quantitative estimate of drug-likeness (QED) is 0.0989. The number of carboxylic acids is 1. The molecule has 2 aliphatic heterocycles. The van der Waals surface area contributed by atoms with Crippen molar-refractivity contribution in [1.29, 1.82) is 0 Å². The first kappa shape index (κ1) is 44.8. The number of hydrogen-bond acceptors (Lipinski definition) is 7. The summed E-state index contributed by atoms with van der Waals surface area (Å²) in [5.41, 5.74) is -7.94. The highest BCUT2D eigenvalue weighted by Crippen LogP contribution is 2.51. The number of alkyl halides is 12. The number of carbonyl (C=O) groups excluding carboxylic acids is 1. The molecule has 59 heavy (non-hydrogen) atoms. The second-order valence-electron chi connectivity index (χ2n) is 13.7. The highest BCUT2D eigenvalue weighted by Gasteiger charge is 2.72. The van der Waals surface area contributed by atoms with E-state index in [1.54, 1.807) is 24.3 Å². The molecule has 0 aromatic heterocycles. The van der Waals surface area contributed by atoms with Crippen molar-refractivity contribution in [2.24, 2.45) is 0 Å². The van der Waals surface area contributed by atoms with E-state index in [1.807, 2.05) is 9.80 Å². The van der Waals surface area contributed by atoms with Crippen LogP contribution in [0.15, 0.2) is 84.9 Å². The summed E-state index contributed by atoms with van der Waals surface area (Å²) in [7, 11) is 0.